The maximum atomic E-state index is 10.8. The molecule has 102 valence electrons. The van der Waals surface area contributed by atoms with Crippen LogP contribution in [-0.2, 0) is 0 Å². The number of hydrogen-bond acceptors (Lipinski definition) is 5. The molecule has 0 aliphatic heterocycles. The zero-order valence-corrected chi connectivity index (χ0v) is 12.5. The molecule has 1 aromatic heterocycles. The van der Waals surface area contributed by atoms with Crippen LogP contribution in [0.15, 0.2) is 40.9 Å². The fourth-order valence-electron chi connectivity index (χ4n) is 1.90. The van der Waals surface area contributed by atoms with Crippen LogP contribution >= 0.6 is 7.79 Å². The molecule has 0 spiro atoms. The van der Waals surface area contributed by atoms with Crippen LogP contribution < -0.4 is 5.50 Å². The van der Waals surface area contributed by atoms with E-state index in [1.807, 2.05) is 64.6 Å². The van der Waals surface area contributed by atoms with Crippen molar-refractivity contribution in [1.82, 2.24) is 14.5 Å². The van der Waals surface area contributed by atoms with Gasteiger partial charge in [0.05, 0.1) is 6.07 Å². The quantitative estimate of drug-likeness (QED) is 0.866. The lowest BCUT2D eigenvalue weighted by atomic mass is 10.2. The second-order valence-electron chi connectivity index (χ2n) is 4.68. The molecule has 0 unspecified atom stereocenters. The topological polar surface area (TPSA) is 52.7 Å². The van der Waals surface area contributed by atoms with Gasteiger partial charge in [0.1, 0.15) is 5.69 Å². The summed E-state index contributed by atoms with van der Waals surface area (Å²) in [5.74, 6) is 0. The summed E-state index contributed by atoms with van der Waals surface area (Å²) in [5.41, 5.74) is 2.21. The van der Waals surface area contributed by atoms with Gasteiger partial charge in [-0.25, -0.2) is 4.89 Å². The van der Waals surface area contributed by atoms with Gasteiger partial charge in [0, 0.05) is 33.8 Å². The summed E-state index contributed by atoms with van der Waals surface area (Å²) in [7, 11) is 4.70. The molecule has 0 bridgehead atoms. The van der Waals surface area contributed by atoms with E-state index in [0.717, 1.165) is 11.3 Å². The fraction of sp³-hybridized carbons (Fsp3) is 0.308. The van der Waals surface area contributed by atoms with Gasteiger partial charge < -0.3 is 4.52 Å². The third-order valence-corrected chi connectivity index (χ3v) is 6.01. The van der Waals surface area contributed by atoms with E-state index in [1.54, 1.807) is 9.34 Å². The van der Waals surface area contributed by atoms with Crippen molar-refractivity contribution < 1.29 is 9.42 Å². The maximum Gasteiger partial charge on any atom is 0.359 e. The van der Waals surface area contributed by atoms with Crippen molar-refractivity contribution in [3.63, 3.8) is 0 Å². The van der Waals surface area contributed by atoms with Crippen LogP contribution in [-0.4, -0.2) is 47.6 Å². The minimum atomic E-state index is -2.63. The van der Waals surface area contributed by atoms with Crippen molar-refractivity contribution in [2.75, 3.05) is 28.2 Å². The summed E-state index contributed by atoms with van der Waals surface area (Å²) >= 11 is 0. The molecule has 0 radical (unpaired) electrons. The van der Waals surface area contributed by atoms with Crippen molar-refractivity contribution >= 4 is 13.3 Å². The zero-order valence-electron chi connectivity index (χ0n) is 11.6. The molecule has 1 heterocycles. The first-order chi connectivity index (χ1) is 8.96. The Labute approximate surface area is 114 Å². The lowest BCUT2D eigenvalue weighted by molar-refractivity contribution is 0.391. The highest BCUT2D eigenvalue weighted by Gasteiger charge is 2.50. The van der Waals surface area contributed by atoms with Crippen molar-refractivity contribution in [2.24, 2.45) is 0 Å². The number of aromatic nitrogens is 1. The molecule has 19 heavy (non-hydrogen) atoms. The highest BCUT2D eigenvalue weighted by atomic mass is 31.2. The Hall–Kier alpha value is -1.26. The minimum Gasteiger partial charge on any atom is -0.312 e. The number of benzene rings is 1. The molecule has 5 nitrogen and oxygen atoms in total. The Morgan fingerprint density at radius 1 is 1.05 bits per heavy atom. The number of hydrogen-bond donors (Lipinski definition) is 1. The Morgan fingerprint density at radius 3 is 2.16 bits per heavy atom. The van der Waals surface area contributed by atoms with Crippen molar-refractivity contribution in [2.45, 2.75) is 0 Å². The predicted molar refractivity (Wildman–Crippen MR) is 78.1 cm³/mol. The molecule has 0 saturated heterocycles. The standard InChI is InChI=1S/C13H19N3O2P/c1-15(2)19(17,16(3)4)13-10-12(14-18-13)11-8-6-5-7-9-11/h5-10,17H,1-4H3/q+1. The van der Waals surface area contributed by atoms with E-state index in [-0.39, 0.29) is 0 Å². The molecule has 1 N–H and O–H groups in total. The van der Waals surface area contributed by atoms with Gasteiger partial charge in [0.2, 0.25) is 0 Å². The zero-order chi connectivity index (χ0) is 14.0. The molecule has 1 aromatic carbocycles. The van der Waals surface area contributed by atoms with E-state index >= 15 is 0 Å². The highest BCUT2D eigenvalue weighted by Crippen LogP contribution is 2.56. The second-order valence-corrected chi connectivity index (χ2v) is 7.86. The summed E-state index contributed by atoms with van der Waals surface area (Å²) in [6.07, 6.45) is 0. The molecule has 0 amide bonds. The first kappa shape index (κ1) is 14.2. The Kier molecular flexibility index (Phi) is 4.02. The van der Waals surface area contributed by atoms with E-state index < -0.39 is 7.79 Å². The van der Waals surface area contributed by atoms with Crippen LogP contribution in [0, 0.1) is 0 Å². The minimum absolute atomic E-state index is 0.501. The average molecular weight is 280 g/mol. The van der Waals surface area contributed by atoms with Gasteiger partial charge in [0.25, 0.3) is 0 Å². The monoisotopic (exact) mass is 280 g/mol. The summed E-state index contributed by atoms with van der Waals surface area (Å²) in [6, 6.07) is 11.6. The highest BCUT2D eigenvalue weighted by molar-refractivity contribution is 7.72. The smallest absolute Gasteiger partial charge is 0.312 e. The molecule has 0 saturated carbocycles. The van der Waals surface area contributed by atoms with Gasteiger partial charge in [-0.2, -0.15) is 0 Å². The van der Waals surface area contributed by atoms with Gasteiger partial charge in [0.15, 0.2) is 0 Å². The maximum absolute atomic E-state index is 10.8. The van der Waals surface area contributed by atoms with Crippen LogP contribution in [0.25, 0.3) is 11.3 Å². The van der Waals surface area contributed by atoms with Crippen molar-refractivity contribution in [3.05, 3.63) is 36.4 Å². The Morgan fingerprint density at radius 2 is 1.63 bits per heavy atom. The molecule has 0 atom stereocenters. The molecule has 0 fully saturated rings. The molecule has 6 heteroatoms. The molecule has 0 aliphatic rings. The van der Waals surface area contributed by atoms with E-state index in [2.05, 4.69) is 5.16 Å². The van der Waals surface area contributed by atoms with Crippen LogP contribution in [0.1, 0.15) is 0 Å². The van der Waals surface area contributed by atoms with E-state index in [9.17, 15) is 4.89 Å². The third-order valence-electron chi connectivity index (χ3n) is 2.98. The van der Waals surface area contributed by atoms with Crippen LogP contribution in [0.4, 0.5) is 0 Å². The molecule has 2 rings (SSSR count). The average Bonchev–Trinajstić information content (AvgIpc) is 2.88. The normalized spacial score (nSPS) is 12.4. The Bertz CT molecular complexity index is 532. The molecule has 0 aliphatic carbocycles. The van der Waals surface area contributed by atoms with Gasteiger partial charge in [-0.15, -0.1) is 9.34 Å². The number of nitrogens with zero attached hydrogens (tertiary/aromatic N) is 3. The lowest BCUT2D eigenvalue weighted by Gasteiger charge is -2.26. The molecular formula is C13H19N3O2P+. The predicted octanol–water partition coefficient (Wildman–Crippen LogP) is 1.84. The summed E-state index contributed by atoms with van der Waals surface area (Å²) < 4.78 is 8.93. The number of rotatable bonds is 4. The third kappa shape index (κ3) is 2.55. The van der Waals surface area contributed by atoms with Gasteiger partial charge in [-0.3, -0.25) is 0 Å². The van der Waals surface area contributed by atoms with Crippen molar-refractivity contribution in [3.8, 4) is 11.3 Å². The first-order valence-electron chi connectivity index (χ1n) is 5.96. The van der Waals surface area contributed by atoms with Crippen LogP contribution in [0.3, 0.4) is 0 Å². The second kappa shape index (κ2) is 5.39. The van der Waals surface area contributed by atoms with Gasteiger partial charge in [-0.05, 0) is 0 Å². The molecular weight excluding hydrogens is 261 g/mol. The lowest BCUT2D eigenvalue weighted by Crippen LogP contribution is -2.33. The fourth-order valence-corrected chi connectivity index (χ4v) is 3.85. The Balaban J connectivity index is 2.40. The van der Waals surface area contributed by atoms with Gasteiger partial charge >= 0.3 is 13.3 Å². The van der Waals surface area contributed by atoms with E-state index in [4.69, 9.17) is 4.52 Å². The van der Waals surface area contributed by atoms with E-state index in [1.165, 1.54) is 0 Å². The van der Waals surface area contributed by atoms with Gasteiger partial charge in [-0.1, -0.05) is 35.5 Å². The van der Waals surface area contributed by atoms with Crippen LogP contribution in [0.2, 0.25) is 0 Å². The van der Waals surface area contributed by atoms with Crippen molar-refractivity contribution in [1.29, 1.82) is 0 Å². The van der Waals surface area contributed by atoms with E-state index in [0.29, 0.717) is 5.50 Å². The first-order valence-corrected chi connectivity index (χ1v) is 7.61. The molecule has 2 aromatic rings. The summed E-state index contributed by atoms with van der Waals surface area (Å²) in [5, 5.41) is 4.06. The summed E-state index contributed by atoms with van der Waals surface area (Å²) in [6.45, 7) is 0. The summed E-state index contributed by atoms with van der Waals surface area (Å²) in [4.78, 5) is 10.8. The SMILES string of the molecule is CN(C)[P+](O)(c1cc(-c2ccccc2)no1)N(C)C. The van der Waals surface area contributed by atoms with Crippen LogP contribution in [0.5, 0.6) is 0 Å². The largest absolute Gasteiger partial charge is 0.359 e.